The average Bonchev–Trinajstić information content (AvgIpc) is 2.86. The Kier molecular flexibility index (Phi) is 6.49. The number of hydrogen-bond donors (Lipinski definition) is 1. The van der Waals surface area contributed by atoms with E-state index in [1.807, 2.05) is 24.1 Å². The van der Waals surface area contributed by atoms with Gasteiger partial charge in [-0.1, -0.05) is 32.9 Å². The molecule has 2 amide bonds. The van der Waals surface area contributed by atoms with Gasteiger partial charge in [-0.25, -0.2) is 0 Å². The lowest BCUT2D eigenvalue weighted by molar-refractivity contribution is -0.154. The van der Waals surface area contributed by atoms with E-state index >= 15 is 0 Å². The topological polar surface area (TPSA) is 85.1 Å². The van der Waals surface area contributed by atoms with E-state index in [0.29, 0.717) is 5.75 Å². The van der Waals surface area contributed by atoms with Crippen LogP contribution >= 0.6 is 0 Å². The fourth-order valence-corrected chi connectivity index (χ4v) is 4.08. The monoisotopic (exact) mass is 403 g/mol. The summed E-state index contributed by atoms with van der Waals surface area (Å²) in [6, 6.07) is 6.28. The number of fused-ring (bicyclic) bond motifs is 1. The quantitative estimate of drug-likeness (QED) is 0.808. The molecule has 7 heteroatoms. The molecule has 29 heavy (non-hydrogen) atoms. The number of nitrogens with zero attached hydrogens (tertiary/aromatic N) is 2. The summed E-state index contributed by atoms with van der Waals surface area (Å²) in [5.74, 6) is 0.265. The summed E-state index contributed by atoms with van der Waals surface area (Å²) in [6.45, 7) is 9.05. The standard InChI is InChI=1S/C22H33N3O4/c1-22(2,3)16-5-6-18(28-13-20(23)26)15(11-16)12-25-9-7-17-19(8-10-25)29-14-21(27)24(17)4/h5-6,11,17,19H,7-10,12-14H2,1-4H3,(H2,23,26)/t17-,19-/m0/s1. The van der Waals surface area contributed by atoms with Crippen LogP contribution in [-0.4, -0.2) is 67.1 Å². The molecule has 0 aliphatic carbocycles. The molecule has 3 rings (SSSR count). The molecular weight excluding hydrogens is 370 g/mol. The van der Waals surface area contributed by atoms with Gasteiger partial charge in [-0.2, -0.15) is 0 Å². The van der Waals surface area contributed by atoms with Gasteiger partial charge >= 0.3 is 0 Å². The highest BCUT2D eigenvalue weighted by Gasteiger charge is 2.36. The van der Waals surface area contributed by atoms with E-state index in [2.05, 4.69) is 31.7 Å². The van der Waals surface area contributed by atoms with Crippen LogP contribution in [0.1, 0.15) is 44.7 Å². The van der Waals surface area contributed by atoms with Crippen molar-refractivity contribution in [1.82, 2.24) is 9.80 Å². The third-order valence-electron chi connectivity index (χ3n) is 5.90. The molecule has 2 aliphatic heterocycles. The zero-order valence-corrected chi connectivity index (χ0v) is 17.9. The van der Waals surface area contributed by atoms with E-state index in [4.69, 9.17) is 15.2 Å². The van der Waals surface area contributed by atoms with E-state index in [-0.39, 0.29) is 36.7 Å². The van der Waals surface area contributed by atoms with E-state index in [0.717, 1.165) is 38.0 Å². The van der Waals surface area contributed by atoms with Crippen LogP contribution in [0.3, 0.4) is 0 Å². The Balaban J connectivity index is 1.76. The van der Waals surface area contributed by atoms with E-state index in [1.165, 1.54) is 5.56 Å². The third-order valence-corrected chi connectivity index (χ3v) is 5.90. The predicted molar refractivity (Wildman–Crippen MR) is 111 cm³/mol. The average molecular weight is 404 g/mol. The second kappa shape index (κ2) is 8.71. The number of carbonyl (C=O) groups is 2. The maximum absolute atomic E-state index is 12.0. The van der Waals surface area contributed by atoms with Crippen LogP contribution in [0.4, 0.5) is 0 Å². The van der Waals surface area contributed by atoms with Crippen molar-refractivity contribution in [3.63, 3.8) is 0 Å². The predicted octanol–water partition coefficient (Wildman–Crippen LogP) is 1.67. The molecular formula is C22H33N3O4. The van der Waals surface area contributed by atoms with Gasteiger partial charge in [-0.3, -0.25) is 14.5 Å². The van der Waals surface area contributed by atoms with Gasteiger partial charge < -0.3 is 20.1 Å². The van der Waals surface area contributed by atoms with Crippen molar-refractivity contribution in [1.29, 1.82) is 0 Å². The number of hydrogen-bond acceptors (Lipinski definition) is 5. The van der Waals surface area contributed by atoms with Crippen LogP contribution in [0.15, 0.2) is 18.2 Å². The molecule has 7 nitrogen and oxygen atoms in total. The highest BCUT2D eigenvalue weighted by molar-refractivity contribution is 5.78. The molecule has 1 aromatic carbocycles. The molecule has 2 atom stereocenters. The lowest BCUT2D eigenvalue weighted by atomic mass is 9.86. The Morgan fingerprint density at radius 2 is 2.00 bits per heavy atom. The minimum Gasteiger partial charge on any atom is -0.483 e. The van der Waals surface area contributed by atoms with E-state index in [1.54, 1.807) is 0 Å². The van der Waals surface area contributed by atoms with Crippen LogP contribution in [0.5, 0.6) is 5.75 Å². The van der Waals surface area contributed by atoms with E-state index < -0.39 is 5.91 Å². The Hall–Kier alpha value is -2.12. The van der Waals surface area contributed by atoms with Crippen LogP contribution in [0, 0.1) is 0 Å². The van der Waals surface area contributed by atoms with Crippen LogP contribution in [-0.2, 0) is 26.3 Å². The van der Waals surface area contributed by atoms with Gasteiger partial charge in [0, 0.05) is 32.2 Å². The second-order valence-electron chi connectivity index (χ2n) is 9.10. The second-order valence-corrected chi connectivity index (χ2v) is 9.10. The molecule has 0 aromatic heterocycles. The lowest BCUT2D eigenvalue weighted by Gasteiger charge is -2.37. The summed E-state index contributed by atoms with van der Waals surface area (Å²) in [7, 11) is 1.88. The van der Waals surface area contributed by atoms with Crippen molar-refractivity contribution in [2.24, 2.45) is 5.73 Å². The normalized spacial score (nSPS) is 23.4. The molecule has 160 valence electrons. The van der Waals surface area contributed by atoms with Gasteiger partial charge in [0.25, 0.3) is 5.91 Å². The highest BCUT2D eigenvalue weighted by atomic mass is 16.5. The highest BCUT2D eigenvalue weighted by Crippen LogP contribution is 2.30. The number of likely N-dealkylation sites (N-methyl/N-ethyl adjacent to an activating group) is 1. The Morgan fingerprint density at radius 3 is 2.69 bits per heavy atom. The summed E-state index contributed by atoms with van der Waals surface area (Å²) in [6.07, 6.45) is 1.86. The summed E-state index contributed by atoms with van der Waals surface area (Å²) >= 11 is 0. The van der Waals surface area contributed by atoms with Crippen molar-refractivity contribution in [2.45, 2.75) is 57.7 Å². The van der Waals surface area contributed by atoms with Gasteiger partial charge in [0.15, 0.2) is 6.61 Å². The summed E-state index contributed by atoms with van der Waals surface area (Å²) in [4.78, 5) is 27.4. The molecule has 2 N–H and O–H groups in total. The van der Waals surface area contributed by atoms with Crippen LogP contribution in [0.2, 0.25) is 0 Å². The summed E-state index contributed by atoms with van der Waals surface area (Å²) in [5.41, 5.74) is 7.55. The molecule has 2 heterocycles. The van der Waals surface area contributed by atoms with E-state index in [9.17, 15) is 9.59 Å². The molecule has 0 radical (unpaired) electrons. The first-order valence-electron chi connectivity index (χ1n) is 10.3. The maximum Gasteiger partial charge on any atom is 0.255 e. The van der Waals surface area contributed by atoms with Crippen molar-refractivity contribution >= 4 is 11.8 Å². The van der Waals surface area contributed by atoms with Gasteiger partial charge in [0.2, 0.25) is 5.91 Å². The molecule has 0 spiro atoms. The fraction of sp³-hybridized carbons (Fsp3) is 0.636. The third kappa shape index (κ3) is 5.28. The molecule has 1 aromatic rings. The van der Waals surface area contributed by atoms with Crippen molar-refractivity contribution in [3.05, 3.63) is 29.3 Å². The Bertz CT molecular complexity index is 759. The molecule has 0 unspecified atom stereocenters. The van der Waals surface area contributed by atoms with Gasteiger partial charge in [-0.15, -0.1) is 0 Å². The van der Waals surface area contributed by atoms with Gasteiger partial charge in [0.05, 0.1) is 12.1 Å². The largest absolute Gasteiger partial charge is 0.483 e. The van der Waals surface area contributed by atoms with Crippen molar-refractivity contribution < 1.29 is 19.1 Å². The Morgan fingerprint density at radius 1 is 1.28 bits per heavy atom. The number of ether oxygens (including phenoxy) is 2. The van der Waals surface area contributed by atoms with Crippen molar-refractivity contribution in [2.75, 3.05) is 33.4 Å². The van der Waals surface area contributed by atoms with Crippen LogP contribution in [0.25, 0.3) is 0 Å². The molecule has 2 aliphatic rings. The number of amides is 2. The molecule has 2 fully saturated rings. The first-order chi connectivity index (χ1) is 13.6. The minimum absolute atomic E-state index is 0.0155. The first-order valence-corrected chi connectivity index (χ1v) is 10.3. The van der Waals surface area contributed by atoms with Gasteiger partial charge in [-0.05, 0) is 29.9 Å². The summed E-state index contributed by atoms with van der Waals surface area (Å²) < 4.78 is 11.5. The number of nitrogens with two attached hydrogens (primary N) is 1. The number of morpholine rings is 1. The number of primary amides is 1. The minimum atomic E-state index is -0.487. The molecule has 0 saturated carbocycles. The first kappa shape index (κ1) is 21.6. The van der Waals surface area contributed by atoms with Gasteiger partial charge in [0.1, 0.15) is 12.4 Å². The number of likely N-dealkylation sites (tertiary alicyclic amines) is 1. The number of benzene rings is 1. The number of rotatable bonds is 5. The Labute approximate surface area is 173 Å². The van der Waals surface area contributed by atoms with Crippen molar-refractivity contribution in [3.8, 4) is 5.75 Å². The fourth-order valence-electron chi connectivity index (χ4n) is 4.08. The van der Waals surface area contributed by atoms with Crippen LogP contribution < -0.4 is 10.5 Å². The SMILES string of the molecule is CN1C(=O)CO[C@H]2CCN(Cc3cc(C(C)(C)C)ccc3OCC(N)=O)CC[C@@H]21. The lowest BCUT2D eigenvalue weighted by Crippen LogP contribution is -2.52. The zero-order valence-electron chi connectivity index (χ0n) is 17.9. The number of carbonyl (C=O) groups excluding carboxylic acids is 2. The smallest absolute Gasteiger partial charge is 0.255 e. The molecule has 2 saturated heterocycles. The zero-order chi connectivity index (χ0) is 21.2. The molecule has 0 bridgehead atoms. The maximum atomic E-state index is 12.0. The summed E-state index contributed by atoms with van der Waals surface area (Å²) in [5, 5.41) is 0.